The fraction of sp³-hybridized carbons (Fsp3) is 0.333. The maximum atomic E-state index is 13.6. The van der Waals surface area contributed by atoms with Crippen LogP contribution in [0, 0.1) is 5.82 Å². The van der Waals surface area contributed by atoms with E-state index in [9.17, 15) is 21.6 Å². The van der Waals surface area contributed by atoms with Crippen molar-refractivity contribution in [3.63, 3.8) is 0 Å². The molecule has 0 amide bonds. The summed E-state index contributed by atoms with van der Waals surface area (Å²) < 4.78 is 73.9. The van der Waals surface area contributed by atoms with Gasteiger partial charge in [0.05, 0.1) is 22.6 Å². The molecule has 1 aliphatic rings. The largest absolute Gasteiger partial charge is 0.495 e. The van der Waals surface area contributed by atoms with Crippen LogP contribution in [0.25, 0.3) is 0 Å². The summed E-state index contributed by atoms with van der Waals surface area (Å²) >= 11 is 0. The lowest BCUT2D eigenvalue weighted by Crippen LogP contribution is -2.43. The van der Waals surface area contributed by atoms with Crippen molar-refractivity contribution in [1.29, 1.82) is 0 Å². The van der Waals surface area contributed by atoms with Crippen LogP contribution in [-0.2, 0) is 9.84 Å². The lowest BCUT2D eigenvalue weighted by molar-refractivity contribution is -0.0523. The molecule has 3 rings (SSSR count). The van der Waals surface area contributed by atoms with Crippen LogP contribution >= 0.6 is 0 Å². The Kier molecular flexibility index (Phi) is 5.99. The molecule has 2 aromatic rings. The first-order valence-electron chi connectivity index (χ1n) is 8.46. The SMILES string of the molecule is COc1ccc(S(=O)(=O)c2ccc(F)c(OC(F)F)c2)cc1N1CCNCC1. The van der Waals surface area contributed by atoms with Crippen molar-refractivity contribution < 1.29 is 31.1 Å². The second-order valence-corrected chi connectivity index (χ2v) is 7.99. The number of piperazine rings is 1. The standard InChI is InChI=1S/C18H19F3N2O4S/c1-26-16-5-3-12(10-15(16)23-8-6-22-7-9-23)28(24,25)13-2-4-14(19)17(11-13)27-18(20)21/h2-5,10-11,18,22H,6-9H2,1H3. The van der Waals surface area contributed by atoms with Crippen LogP contribution in [0.2, 0.25) is 0 Å². The van der Waals surface area contributed by atoms with E-state index in [0.717, 1.165) is 31.3 Å². The van der Waals surface area contributed by atoms with Gasteiger partial charge in [0, 0.05) is 32.2 Å². The zero-order chi connectivity index (χ0) is 20.3. The molecule has 1 heterocycles. The summed E-state index contributed by atoms with van der Waals surface area (Å²) in [6.07, 6.45) is 0. The van der Waals surface area contributed by atoms with E-state index in [-0.39, 0.29) is 9.79 Å². The van der Waals surface area contributed by atoms with Crippen LogP contribution in [0.4, 0.5) is 18.9 Å². The van der Waals surface area contributed by atoms with Crippen LogP contribution in [0.1, 0.15) is 0 Å². The normalized spacial score (nSPS) is 15.0. The lowest BCUT2D eigenvalue weighted by Gasteiger charge is -2.30. The highest BCUT2D eigenvalue weighted by molar-refractivity contribution is 7.91. The highest BCUT2D eigenvalue weighted by Crippen LogP contribution is 2.34. The maximum absolute atomic E-state index is 13.6. The zero-order valence-corrected chi connectivity index (χ0v) is 15.8. The summed E-state index contributed by atoms with van der Waals surface area (Å²) in [4.78, 5) is 1.59. The Morgan fingerprint density at radius 3 is 2.32 bits per heavy atom. The average Bonchev–Trinajstić information content (AvgIpc) is 2.69. The molecule has 1 N–H and O–H groups in total. The number of ether oxygens (including phenoxy) is 2. The van der Waals surface area contributed by atoms with Gasteiger partial charge in [0.15, 0.2) is 11.6 Å². The molecule has 0 bridgehead atoms. The molecule has 0 saturated carbocycles. The molecule has 10 heteroatoms. The van der Waals surface area contributed by atoms with Gasteiger partial charge < -0.3 is 19.7 Å². The van der Waals surface area contributed by atoms with Crippen molar-refractivity contribution >= 4 is 15.5 Å². The van der Waals surface area contributed by atoms with E-state index in [1.54, 1.807) is 0 Å². The molecule has 1 saturated heterocycles. The third-order valence-electron chi connectivity index (χ3n) is 4.35. The Balaban J connectivity index is 2.02. The fourth-order valence-electron chi connectivity index (χ4n) is 2.96. The smallest absolute Gasteiger partial charge is 0.387 e. The highest BCUT2D eigenvalue weighted by Gasteiger charge is 2.24. The summed E-state index contributed by atoms with van der Waals surface area (Å²) in [6.45, 7) is -0.447. The first kappa shape index (κ1) is 20.3. The van der Waals surface area contributed by atoms with Crippen LogP contribution in [0.15, 0.2) is 46.2 Å². The molecule has 0 spiro atoms. The predicted molar refractivity (Wildman–Crippen MR) is 96.6 cm³/mol. The number of halogens is 3. The molecule has 0 radical (unpaired) electrons. The second kappa shape index (κ2) is 8.27. The molecule has 0 aliphatic carbocycles. The maximum Gasteiger partial charge on any atom is 0.387 e. The topological polar surface area (TPSA) is 67.9 Å². The summed E-state index contributed by atoms with van der Waals surface area (Å²) in [6, 6.07) is 6.91. The van der Waals surface area contributed by atoms with Gasteiger partial charge >= 0.3 is 6.61 Å². The van der Waals surface area contributed by atoms with Gasteiger partial charge in [-0.2, -0.15) is 8.78 Å². The monoisotopic (exact) mass is 416 g/mol. The Labute approximate surface area is 160 Å². The van der Waals surface area contributed by atoms with Crippen molar-refractivity contribution in [1.82, 2.24) is 5.32 Å². The number of rotatable bonds is 6. The summed E-state index contributed by atoms with van der Waals surface area (Å²) in [5.74, 6) is -1.39. The van der Waals surface area contributed by atoms with Gasteiger partial charge in [-0.25, -0.2) is 12.8 Å². The molecule has 152 valence electrons. The number of hydrogen-bond donors (Lipinski definition) is 1. The van der Waals surface area contributed by atoms with Gasteiger partial charge in [-0.05, 0) is 30.3 Å². The van der Waals surface area contributed by atoms with E-state index < -0.39 is 28.0 Å². The van der Waals surface area contributed by atoms with E-state index in [1.807, 2.05) is 4.90 Å². The third-order valence-corrected chi connectivity index (χ3v) is 6.10. The van der Waals surface area contributed by atoms with E-state index >= 15 is 0 Å². The third kappa shape index (κ3) is 4.17. The molecule has 6 nitrogen and oxygen atoms in total. The van der Waals surface area contributed by atoms with Gasteiger partial charge in [-0.15, -0.1) is 0 Å². The highest BCUT2D eigenvalue weighted by atomic mass is 32.2. The lowest BCUT2D eigenvalue weighted by atomic mass is 10.2. The molecule has 1 fully saturated rings. The minimum atomic E-state index is -4.09. The Bertz CT molecular complexity index is 948. The van der Waals surface area contributed by atoms with Crippen LogP contribution in [0.3, 0.4) is 0 Å². The molecule has 1 aliphatic heterocycles. The fourth-order valence-corrected chi connectivity index (χ4v) is 4.26. The number of benzene rings is 2. The molecule has 0 aromatic heterocycles. The molecule has 0 unspecified atom stereocenters. The molecule has 2 aromatic carbocycles. The van der Waals surface area contributed by atoms with Crippen LogP contribution < -0.4 is 19.7 Å². The van der Waals surface area contributed by atoms with Crippen molar-refractivity contribution in [3.8, 4) is 11.5 Å². The quantitative estimate of drug-likeness (QED) is 0.731. The molecular formula is C18H19F3N2O4S. The number of methoxy groups -OCH3 is 1. The Hall–Kier alpha value is -2.46. The Morgan fingerprint density at radius 1 is 1.04 bits per heavy atom. The van der Waals surface area contributed by atoms with Crippen LogP contribution in [0.5, 0.6) is 11.5 Å². The minimum Gasteiger partial charge on any atom is -0.495 e. The number of sulfone groups is 1. The van der Waals surface area contributed by atoms with Crippen molar-refractivity contribution in [3.05, 3.63) is 42.2 Å². The molecule has 0 atom stereocenters. The molecular weight excluding hydrogens is 397 g/mol. The molecule has 28 heavy (non-hydrogen) atoms. The van der Waals surface area contributed by atoms with Crippen molar-refractivity contribution in [2.24, 2.45) is 0 Å². The number of nitrogens with one attached hydrogen (secondary N) is 1. The van der Waals surface area contributed by atoms with Gasteiger partial charge in [0.1, 0.15) is 5.75 Å². The van der Waals surface area contributed by atoms with Crippen molar-refractivity contribution in [2.75, 3.05) is 38.2 Å². The first-order chi connectivity index (χ1) is 13.3. The van der Waals surface area contributed by atoms with E-state index in [1.165, 1.54) is 25.3 Å². The number of nitrogens with zero attached hydrogens (tertiary/aromatic N) is 1. The minimum absolute atomic E-state index is 0.0589. The van der Waals surface area contributed by atoms with E-state index in [2.05, 4.69) is 10.1 Å². The number of anilines is 1. The summed E-state index contributed by atoms with van der Waals surface area (Å²) in [5.41, 5.74) is 0.608. The van der Waals surface area contributed by atoms with Gasteiger partial charge in [-0.3, -0.25) is 0 Å². The van der Waals surface area contributed by atoms with E-state index in [4.69, 9.17) is 4.74 Å². The predicted octanol–water partition coefficient (Wildman–Crippen LogP) is 2.68. The van der Waals surface area contributed by atoms with Gasteiger partial charge in [-0.1, -0.05) is 0 Å². The van der Waals surface area contributed by atoms with E-state index in [0.29, 0.717) is 24.5 Å². The van der Waals surface area contributed by atoms with Crippen molar-refractivity contribution in [2.45, 2.75) is 16.4 Å². The zero-order valence-electron chi connectivity index (χ0n) is 15.0. The summed E-state index contributed by atoms with van der Waals surface area (Å²) in [7, 11) is -2.60. The second-order valence-electron chi connectivity index (χ2n) is 6.04. The Morgan fingerprint density at radius 2 is 1.68 bits per heavy atom. The van der Waals surface area contributed by atoms with Gasteiger partial charge in [0.2, 0.25) is 9.84 Å². The van der Waals surface area contributed by atoms with Crippen LogP contribution in [-0.4, -0.2) is 48.3 Å². The number of hydrogen-bond acceptors (Lipinski definition) is 6. The summed E-state index contributed by atoms with van der Waals surface area (Å²) in [5, 5.41) is 3.21. The van der Waals surface area contributed by atoms with Gasteiger partial charge in [0.25, 0.3) is 0 Å². The number of alkyl halides is 2. The average molecular weight is 416 g/mol. The first-order valence-corrected chi connectivity index (χ1v) is 9.94.